The number of carbonyl (C=O) groups excluding carboxylic acids is 2. The van der Waals surface area contributed by atoms with Gasteiger partial charge in [-0.3, -0.25) is 9.59 Å². The van der Waals surface area contributed by atoms with E-state index >= 15 is 0 Å². The van der Waals surface area contributed by atoms with E-state index in [2.05, 4.69) is 15.2 Å². The van der Waals surface area contributed by atoms with Gasteiger partial charge >= 0.3 is 0 Å². The molecule has 84 valence electrons. The highest BCUT2D eigenvalue weighted by Crippen LogP contribution is 2.38. The van der Waals surface area contributed by atoms with Crippen LogP contribution in [0.5, 0.6) is 0 Å². The third-order valence-electron chi connectivity index (χ3n) is 3.46. The van der Waals surface area contributed by atoms with Crippen LogP contribution in [0.3, 0.4) is 0 Å². The van der Waals surface area contributed by atoms with E-state index in [9.17, 15) is 9.59 Å². The van der Waals surface area contributed by atoms with Crippen LogP contribution in [0.25, 0.3) is 0 Å². The molecule has 1 aromatic heterocycles. The van der Waals surface area contributed by atoms with Crippen LogP contribution in [0.15, 0.2) is 6.33 Å². The number of carbonyl (C=O) groups is 2. The van der Waals surface area contributed by atoms with Crippen LogP contribution in [0.4, 0.5) is 5.95 Å². The number of hydrogen-bond acceptors (Lipinski definition) is 4. The second-order valence-electron chi connectivity index (χ2n) is 4.32. The normalized spacial score (nSPS) is 29.6. The van der Waals surface area contributed by atoms with Gasteiger partial charge in [-0.15, -0.1) is 0 Å². The Hall–Kier alpha value is -1.72. The van der Waals surface area contributed by atoms with Crippen molar-refractivity contribution >= 4 is 17.8 Å². The van der Waals surface area contributed by atoms with Gasteiger partial charge in [0.2, 0.25) is 17.8 Å². The van der Waals surface area contributed by atoms with E-state index in [1.165, 1.54) is 6.33 Å². The van der Waals surface area contributed by atoms with Gasteiger partial charge in [0.25, 0.3) is 0 Å². The molecule has 1 aromatic rings. The molecule has 1 aliphatic carbocycles. The van der Waals surface area contributed by atoms with Crippen molar-refractivity contribution in [3.05, 3.63) is 6.33 Å². The number of aromatic nitrogens is 3. The van der Waals surface area contributed by atoms with Crippen molar-refractivity contribution in [1.82, 2.24) is 15.2 Å². The molecule has 2 amide bonds. The van der Waals surface area contributed by atoms with E-state index in [-0.39, 0.29) is 29.6 Å². The molecule has 2 fully saturated rings. The number of hydrogen-bond donors (Lipinski definition) is 1. The summed E-state index contributed by atoms with van der Waals surface area (Å²) in [5.41, 5.74) is 0. The predicted molar refractivity (Wildman–Crippen MR) is 54.3 cm³/mol. The molecule has 16 heavy (non-hydrogen) atoms. The van der Waals surface area contributed by atoms with Crippen molar-refractivity contribution in [1.29, 1.82) is 0 Å². The zero-order chi connectivity index (χ0) is 11.1. The van der Waals surface area contributed by atoms with E-state index in [1.807, 2.05) is 0 Å². The lowest BCUT2D eigenvalue weighted by Crippen LogP contribution is -2.31. The molecule has 6 nitrogen and oxygen atoms in total. The lowest BCUT2D eigenvalue weighted by atomic mass is 9.81. The van der Waals surface area contributed by atoms with Gasteiger partial charge in [-0.2, -0.15) is 10.1 Å². The molecule has 6 heteroatoms. The van der Waals surface area contributed by atoms with Crippen LogP contribution < -0.4 is 4.90 Å². The fraction of sp³-hybridized carbons (Fsp3) is 0.600. The SMILES string of the molecule is O=C1[C@@H]2CCCC[C@H]2C(=O)N1c1ncn[nH]1. The third kappa shape index (κ3) is 1.19. The monoisotopic (exact) mass is 220 g/mol. The van der Waals surface area contributed by atoms with Crippen molar-refractivity contribution in [2.24, 2.45) is 11.8 Å². The molecule has 1 saturated heterocycles. The van der Waals surface area contributed by atoms with E-state index in [4.69, 9.17) is 0 Å². The van der Waals surface area contributed by atoms with Gasteiger partial charge in [-0.1, -0.05) is 12.8 Å². The van der Waals surface area contributed by atoms with Crippen LogP contribution in [-0.2, 0) is 9.59 Å². The van der Waals surface area contributed by atoms with Gasteiger partial charge in [0, 0.05) is 0 Å². The van der Waals surface area contributed by atoms with Crippen LogP contribution in [-0.4, -0.2) is 27.0 Å². The minimum absolute atomic E-state index is 0.119. The Labute approximate surface area is 92.0 Å². The lowest BCUT2D eigenvalue weighted by Gasteiger charge is -2.19. The fourth-order valence-corrected chi connectivity index (χ4v) is 2.68. The summed E-state index contributed by atoms with van der Waals surface area (Å²) in [6, 6.07) is 0. The number of anilines is 1. The van der Waals surface area contributed by atoms with Crippen LogP contribution in [0, 0.1) is 11.8 Å². The van der Waals surface area contributed by atoms with Gasteiger partial charge in [0.05, 0.1) is 11.8 Å². The standard InChI is InChI=1S/C10H12N4O2/c15-8-6-3-1-2-4-7(6)9(16)14(8)10-11-5-12-13-10/h5-7H,1-4H2,(H,11,12,13)/t6-,7-/m1/s1. The molecule has 3 rings (SSSR count). The van der Waals surface area contributed by atoms with Crippen LogP contribution in [0.1, 0.15) is 25.7 Å². The summed E-state index contributed by atoms with van der Waals surface area (Å²) >= 11 is 0. The Balaban J connectivity index is 1.96. The first-order chi connectivity index (χ1) is 7.79. The molecule has 0 spiro atoms. The van der Waals surface area contributed by atoms with E-state index in [0.29, 0.717) is 0 Å². The van der Waals surface area contributed by atoms with E-state index in [0.717, 1.165) is 30.6 Å². The fourth-order valence-electron chi connectivity index (χ4n) is 2.68. The molecule has 2 atom stereocenters. The van der Waals surface area contributed by atoms with Gasteiger partial charge in [0.1, 0.15) is 6.33 Å². The van der Waals surface area contributed by atoms with Crippen LogP contribution >= 0.6 is 0 Å². The Morgan fingerprint density at radius 2 is 1.81 bits per heavy atom. The summed E-state index contributed by atoms with van der Waals surface area (Å²) in [5, 5.41) is 6.24. The number of H-pyrrole nitrogens is 1. The highest BCUT2D eigenvalue weighted by atomic mass is 16.2. The van der Waals surface area contributed by atoms with E-state index in [1.54, 1.807) is 0 Å². The van der Waals surface area contributed by atoms with Crippen molar-refractivity contribution in [3.63, 3.8) is 0 Å². The smallest absolute Gasteiger partial charge is 0.240 e. The Bertz CT molecular complexity index is 404. The summed E-state index contributed by atoms with van der Waals surface area (Å²) in [6.45, 7) is 0. The lowest BCUT2D eigenvalue weighted by molar-refractivity contribution is -0.122. The minimum atomic E-state index is -0.133. The average Bonchev–Trinajstić information content (AvgIpc) is 2.89. The highest BCUT2D eigenvalue weighted by Gasteiger charge is 2.49. The summed E-state index contributed by atoms with van der Waals surface area (Å²) in [4.78, 5) is 29.2. The first-order valence-corrected chi connectivity index (χ1v) is 5.52. The number of imide groups is 1. The molecule has 2 aliphatic rings. The molecule has 1 aliphatic heterocycles. The summed E-state index contributed by atoms with van der Waals surface area (Å²) in [6.07, 6.45) is 5.01. The molecule has 1 N–H and O–H groups in total. The molecule has 0 radical (unpaired) electrons. The van der Waals surface area contributed by atoms with Gasteiger partial charge in [0.15, 0.2) is 0 Å². The van der Waals surface area contributed by atoms with E-state index < -0.39 is 0 Å². The van der Waals surface area contributed by atoms with Gasteiger partial charge in [-0.25, -0.2) is 10.00 Å². The maximum Gasteiger partial charge on any atom is 0.240 e. The van der Waals surface area contributed by atoms with Gasteiger partial charge < -0.3 is 0 Å². The number of amides is 2. The van der Waals surface area contributed by atoms with Gasteiger partial charge in [-0.05, 0) is 12.8 Å². The van der Waals surface area contributed by atoms with Crippen molar-refractivity contribution in [2.45, 2.75) is 25.7 Å². The number of nitrogens with zero attached hydrogens (tertiary/aromatic N) is 3. The quantitative estimate of drug-likeness (QED) is 0.698. The predicted octanol–water partition coefficient (Wildman–Crippen LogP) is 0.484. The largest absolute Gasteiger partial charge is 0.274 e. The molecule has 0 unspecified atom stereocenters. The maximum atomic E-state index is 12.1. The second-order valence-corrected chi connectivity index (χ2v) is 4.32. The highest BCUT2D eigenvalue weighted by molar-refractivity contribution is 6.21. The first-order valence-electron chi connectivity index (χ1n) is 5.52. The number of aromatic amines is 1. The summed E-state index contributed by atoms with van der Waals surface area (Å²) in [7, 11) is 0. The molecular formula is C10H12N4O2. The topological polar surface area (TPSA) is 79.0 Å². The maximum absolute atomic E-state index is 12.1. The number of fused-ring (bicyclic) bond motifs is 1. The zero-order valence-corrected chi connectivity index (χ0v) is 8.72. The molecule has 1 saturated carbocycles. The molecular weight excluding hydrogens is 208 g/mol. The third-order valence-corrected chi connectivity index (χ3v) is 3.46. The van der Waals surface area contributed by atoms with Crippen molar-refractivity contribution < 1.29 is 9.59 Å². The Morgan fingerprint density at radius 3 is 2.31 bits per heavy atom. The Kier molecular flexibility index (Phi) is 2.02. The van der Waals surface area contributed by atoms with Crippen molar-refractivity contribution in [2.75, 3.05) is 4.90 Å². The molecule has 2 heterocycles. The van der Waals surface area contributed by atoms with Crippen LogP contribution in [0.2, 0.25) is 0 Å². The number of rotatable bonds is 1. The second kappa shape index (κ2) is 3.40. The molecule has 0 aromatic carbocycles. The zero-order valence-electron chi connectivity index (χ0n) is 8.72. The summed E-state index contributed by atoms with van der Waals surface area (Å²) < 4.78 is 0. The Morgan fingerprint density at radius 1 is 1.19 bits per heavy atom. The minimum Gasteiger partial charge on any atom is -0.274 e. The molecule has 0 bridgehead atoms. The first kappa shape index (κ1) is 9.50. The number of nitrogens with one attached hydrogen (secondary N) is 1. The summed E-state index contributed by atoms with van der Waals surface area (Å²) in [5.74, 6) is -0.250. The van der Waals surface area contributed by atoms with Crippen molar-refractivity contribution in [3.8, 4) is 0 Å². The average molecular weight is 220 g/mol.